The first-order valence-electron chi connectivity index (χ1n) is 8.59. The molecule has 5 rings (SSSR count). The number of benzene rings is 4. The Morgan fingerprint density at radius 2 is 1.75 bits per heavy atom. The number of nitrogens with zero attached hydrogens (tertiary/aromatic N) is 1. The Labute approximate surface area is 174 Å². The van der Waals surface area contributed by atoms with Crippen LogP contribution in [0.5, 0.6) is 0 Å². The Morgan fingerprint density at radius 1 is 0.964 bits per heavy atom. The van der Waals surface area contributed by atoms with Crippen molar-refractivity contribution in [2.24, 2.45) is 0 Å². The number of hydrogen-bond acceptors (Lipinski definition) is 5. The molecule has 3 nitrogen and oxygen atoms in total. The summed E-state index contributed by atoms with van der Waals surface area (Å²) in [4.78, 5) is 20.6. The number of nitrogen functional groups attached to an aromatic ring is 1. The highest BCUT2D eigenvalue weighted by molar-refractivity contribution is 7.99. The molecule has 2 N–H and O–H groups in total. The maximum atomic E-state index is 13.4. The molecule has 3 aromatic carbocycles. The van der Waals surface area contributed by atoms with Crippen molar-refractivity contribution in [3.05, 3.63) is 82.0 Å². The Bertz CT molecular complexity index is 1400. The predicted molar refractivity (Wildman–Crippen MR) is 120 cm³/mol. The van der Waals surface area contributed by atoms with Crippen molar-refractivity contribution < 1.29 is 0 Å². The van der Waals surface area contributed by atoms with Crippen molar-refractivity contribution in [3.63, 3.8) is 0 Å². The highest BCUT2D eigenvalue weighted by Gasteiger charge is 2.22. The lowest BCUT2D eigenvalue weighted by Gasteiger charge is -2.15. The lowest BCUT2D eigenvalue weighted by atomic mass is 10.1. The van der Waals surface area contributed by atoms with Gasteiger partial charge >= 0.3 is 0 Å². The third-order valence-corrected chi connectivity index (χ3v) is 7.27. The van der Waals surface area contributed by atoms with Crippen LogP contribution in [0.2, 0.25) is 5.02 Å². The van der Waals surface area contributed by atoms with Crippen molar-refractivity contribution in [1.29, 1.82) is 0 Å². The Balaban J connectivity index is 1.91. The highest BCUT2D eigenvalue weighted by Crippen LogP contribution is 2.43. The minimum atomic E-state index is -0.0271. The monoisotopic (exact) mass is 420 g/mol. The molecule has 1 heterocycles. The van der Waals surface area contributed by atoms with Gasteiger partial charge in [-0.05, 0) is 42.5 Å². The Kier molecular flexibility index (Phi) is 4.23. The van der Waals surface area contributed by atoms with E-state index in [1.807, 2.05) is 54.6 Å². The van der Waals surface area contributed by atoms with E-state index in [4.69, 9.17) is 22.3 Å². The van der Waals surface area contributed by atoms with Gasteiger partial charge in [-0.25, -0.2) is 4.98 Å². The minimum Gasteiger partial charge on any atom is -0.398 e. The number of rotatable bonds is 2. The van der Waals surface area contributed by atoms with E-state index in [1.165, 1.54) is 11.8 Å². The van der Waals surface area contributed by atoms with Crippen molar-refractivity contribution in [2.75, 3.05) is 5.73 Å². The van der Waals surface area contributed by atoms with E-state index in [0.29, 0.717) is 21.0 Å². The number of para-hydroxylation sites is 2. The molecule has 0 aromatic heterocycles. The van der Waals surface area contributed by atoms with Crippen LogP contribution in [0.3, 0.4) is 0 Å². The van der Waals surface area contributed by atoms with Crippen LogP contribution in [-0.2, 0) is 0 Å². The van der Waals surface area contributed by atoms with Gasteiger partial charge in [-0.1, -0.05) is 47.6 Å². The van der Waals surface area contributed by atoms with Gasteiger partial charge in [-0.15, -0.1) is 11.3 Å². The summed E-state index contributed by atoms with van der Waals surface area (Å²) in [6, 6.07) is 20.9. The van der Waals surface area contributed by atoms with Crippen LogP contribution in [0.1, 0.15) is 0 Å². The van der Waals surface area contributed by atoms with E-state index in [9.17, 15) is 4.79 Å². The summed E-state index contributed by atoms with van der Waals surface area (Å²) >= 11 is 9.20. The first kappa shape index (κ1) is 17.5. The summed E-state index contributed by atoms with van der Waals surface area (Å²) in [5.41, 5.74) is 8.44. The Hall–Kier alpha value is -2.60. The molecule has 2 aliphatic rings. The quantitative estimate of drug-likeness (QED) is 0.207. The molecule has 0 fully saturated rings. The maximum Gasteiger partial charge on any atom is 0.201 e. The summed E-state index contributed by atoms with van der Waals surface area (Å²) in [5.74, 6) is 0. The van der Waals surface area contributed by atoms with E-state index in [1.54, 1.807) is 23.5 Å². The average molecular weight is 421 g/mol. The van der Waals surface area contributed by atoms with E-state index >= 15 is 0 Å². The van der Waals surface area contributed by atoms with E-state index in [-0.39, 0.29) is 5.43 Å². The smallest absolute Gasteiger partial charge is 0.201 e. The number of anilines is 1. The van der Waals surface area contributed by atoms with Crippen LogP contribution in [0.15, 0.2) is 81.3 Å². The maximum absolute atomic E-state index is 13.4. The summed E-state index contributed by atoms with van der Waals surface area (Å²) < 4.78 is 1.03. The SMILES string of the molecule is Nc1ccccc1Sc1c2sc3ccccc3nc-2c2cc(Cl)ccc2c1=O. The predicted octanol–water partition coefficient (Wildman–Crippen LogP) is 6.30. The summed E-state index contributed by atoms with van der Waals surface area (Å²) in [5, 5.41) is 1.98. The topological polar surface area (TPSA) is 56.0 Å². The molecular weight excluding hydrogens is 408 g/mol. The number of aromatic nitrogens is 1. The number of hydrogen-bond donors (Lipinski definition) is 1. The van der Waals surface area contributed by atoms with Crippen molar-refractivity contribution in [2.45, 2.75) is 9.79 Å². The molecule has 0 bridgehead atoms. The van der Waals surface area contributed by atoms with Gasteiger partial charge in [0.1, 0.15) is 0 Å². The van der Waals surface area contributed by atoms with Crippen molar-refractivity contribution >= 4 is 61.4 Å². The average Bonchev–Trinajstić information content (AvgIpc) is 2.71. The highest BCUT2D eigenvalue weighted by atomic mass is 35.5. The van der Waals surface area contributed by atoms with Gasteiger partial charge < -0.3 is 5.73 Å². The molecular formula is C22H13ClN2OS2. The summed E-state index contributed by atoms with van der Waals surface area (Å²) in [6.07, 6.45) is 0. The van der Waals surface area contributed by atoms with Crippen LogP contribution in [0, 0.1) is 0 Å². The van der Waals surface area contributed by atoms with Gasteiger partial charge in [0.05, 0.1) is 25.7 Å². The van der Waals surface area contributed by atoms with Gasteiger partial charge in [0.15, 0.2) is 0 Å². The van der Waals surface area contributed by atoms with Crippen LogP contribution < -0.4 is 11.2 Å². The molecule has 0 atom stereocenters. The zero-order valence-corrected chi connectivity index (χ0v) is 16.9. The lowest BCUT2D eigenvalue weighted by molar-refractivity contribution is 1.35. The molecule has 1 aliphatic carbocycles. The molecule has 136 valence electrons. The van der Waals surface area contributed by atoms with Gasteiger partial charge in [-0.3, -0.25) is 4.79 Å². The first-order chi connectivity index (χ1) is 13.6. The zero-order chi connectivity index (χ0) is 19.3. The fourth-order valence-corrected chi connectivity index (χ4v) is 5.60. The van der Waals surface area contributed by atoms with Gasteiger partial charge in [0.25, 0.3) is 0 Å². The fraction of sp³-hybridized carbons (Fsp3) is 0. The second kappa shape index (κ2) is 6.78. The largest absolute Gasteiger partial charge is 0.398 e. The minimum absolute atomic E-state index is 0.0271. The molecule has 6 heteroatoms. The molecule has 0 radical (unpaired) electrons. The number of nitrogens with two attached hydrogens (primary N) is 1. The van der Waals surface area contributed by atoms with Crippen molar-refractivity contribution in [3.8, 4) is 10.6 Å². The molecule has 28 heavy (non-hydrogen) atoms. The van der Waals surface area contributed by atoms with Crippen LogP contribution in [0.25, 0.3) is 31.6 Å². The number of halogens is 1. The molecule has 0 unspecified atom stereocenters. The van der Waals surface area contributed by atoms with E-state index in [0.717, 1.165) is 31.1 Å². The second-order valence-electron chi connectivity index (χ2n) is 6.35. The molecule has 0 amide bonds. The first-order valence-corrected chi connectivity index (χ1v) is 10.6. The molecule has 0 spiro atoms. The van der Waals surface area contributed by atoms with Crippen LogP contribution in [-0.4, -0.2) is 4.98 Å². The second-order valence-corrected chi connectivity index (χ2v) is 8.89. The number of fused-ring (bicyclic) bond motifs is 4. The van der Waals surface area contributed by atoms with E-state index < -0.39 is 0 Å². The normalized spacial score (nSPS) is 11.5. The summed E-state index contributed by atoms with van der Waals surface area (Å²) in [6.45, 7) is 0. The van der Waals surface area contributed by atoms with Gasteiger partial charge in [0.2, 0.25) is 5.43 Å². The zero-order valence-electron chi connectivity index (χ0n) is 14.5. The van der Waals surface area contributed by atoms with Crippen molar-refractivity contribution in [1.82, 2.24) is 4.98 Å². The standard InChI is InChI=1S/C22H13ClN2OS2/c23-12-9-10-13-14(11-12)19-21(28-18-8-4-2-6-16(18)25-19)22(20(13)26)27-17-7-3-1-5-15(17)24/h1-11H,24H2. The van der Waals surface area contributed by atoms with Gasteiger partial charge in [0, 0.05) is 26.4 Å². The third kappa shape index (κ3) is 2.83. The molecule has 3 aromatic rings. The van der Waals surface area contributed by atoms with Crippen LogP contribution >= 0.6 is 34.7 Å². The fourth-order valence-electron chi connectivity index (χ4n) is 3.21. The molecule has 1 aliphatic heterocycles. The van der Waals surface area contributed by atoms with Gasteiger partial charge in [-0.2, -0.15) is 0 Å². The Morgan fingerprint density at radius 3 is 2.61 bits per heavy atom. The van der Waals surface area contributed by atoms with E-state index in [2.05, 4.69) is 0 Å². The lowest BCUT2D eigenvalue weighted by Crippen LogP contribution is -2.08. The third-order valence-electron chi connectivity index (χ3n) is 4.55. The van der Waals surface area contributed by atoms with Crippen LogP contribution in [0.4, 0.5) is 5.69 Å². The summed E-state index contributed by atoms with van der Waals surface area (Å²) in [7, 11) is 0. The molecule has 0 saturated carbocycles. The molecule has 0 saturated heterocycles.